The molecule has 9 nitrogen and oxygen atoms in total. The van der Waals surface area contributed by atoms with Crippen molar-refractivity contribution in [3.63, 3.8) is 0 Å². The van der Waals surface area contributed by atoms with Crippen molar-refractivity contribution in [3.05, 3.63) is 59.3 Å². The van der Waals surface area contributed by atoms with Gasteiger partial charge >= 0.3 is 5.97 Å². The van der Waals surface area contributed by atoms with Gasteiger partial charge in [0, 0.05) is 37.9 Å². The number of sulfone groups is 1. The Hall–Kier alpha value is -3.00. The topological polar surface area (TPSA) is 133 Å². The summed E-state index contributed by atoms with van der Waals surface area (Å²) in [6.45, 7) is 20.6. The van der Waals surface area contributed by atoms with Crippen LogP contribution in [0.4, 0.5) is 0 Å². The molecule has 7 aliphatic rings. The normalized spacial score (nSPS) is 39.9. The number of nitrogens with one attached hydrogen (secondary N) is 1. The van der Waals surface area contributed by atoms with Gasteiger partial charge in [-0.05, 0) is 165 Å². The number of nitriles is 1. The molecule has 5 fully saturated rings. The van der Waals surface area contributed by atoms with Gasteiger partial charge in [-0.3, -0.25) is 4.79 Å². The van der Waals surface area contributed by atoms with Crippen molar-refractivity contribution in [2.45, 2.75) is 124 Å². The summed E-state index contributed by atoms with van der Waals surface area (Å²) in [5, 5.41) is 24.1. The van der Waals surface area contributed by atoms with E-state index in [1.54, 1.807) is 18.3 Å². The molecule has 8 rings (SSSR count). The maximum Gasteiger partial charge on any atom is 0.310 e. The number of carboxylic acids is 1. The van der Waals surface area contributed by atoms with Gasteiger partial charge in [-0.25, -0.2) is 13.4 Å². The van der Waals surface area contributed by atoms with E-state index in [4.69, 9.17) is 4.74 Å². The third-order valence-corrected chi connectivity index (χ3v) is 19.9. The molecule has 10 heteroatoms. The van der Waals surface area contributed by atoms with Crippen LogP contribution in [0, 0.1) is 68.5 Å². The Morgan fingerprint density at radius 3 is 2.42 bits per heavy atom. The summed E-state index contributed by atoms with van der Waals surface area (Å²) in [6.07, 6.45) is 19.8. The SMILES string of the molecule is C=C(C)[C@@H]1CC[C@]2(NCCN3CCS(=O)(=O)CC3)CC[C@@]3(C)C4CC[C@H]5C(C)(C)C(C6=CCC(CCOc7ncccc7C#N)(C(=O)O)CC6)=CC[C@]5(C)[C@H]4CC[C@@H]3[C@@H]12. The van der Waals surface area contributed by atoms with Gasteiger partial charge in [0.05, 0.1) is 23.5 Å². The first-order valence-electron chi connectivity index (χ1n) is 22.9. The fourth-order valence-corrected chi connectivity index (χ4v) is 16.4. The molecule has 2 heterocycles. The van der Waals surface area contributed by atoms with Gasteiger partial charge in [0.15, 0.2) is 9.84 Å². The number of ether oxygens (including phenoxy) is 1. The minimum absolute atomic E-state index is 0.00124. The van der Waals surface area contributed by atoms with Gasteiger partial charge in [-0.2, -0.15) is 5.26 Å². The van der Waals surface area contributed by atoms with Crippen molar-refractivity contribution in [1.82, 2.24) is 15.2 Å². The first-order chi connectivity index (χ1) is 28.0. The number of rotatable bonds is 11. The molecule has 10 atom stereocenters. The zero-order valence-electron chi connectivity index (χ0n) is 36.5. The van der Waals surface area contributed by atoms with E-state index in [1.165, 1.54) is 68.1 Å². The summed E-state index contributed by atoms with van der Waals surface area (Å²) >= 11 is 0. The summed E-state index contributed by atoms with van der Waals surface area (Å²) < 4.78 is 30.0. The zero-order chi connectivity index (χ0) is 42.0. The maximum absolute atomic E-state index is 12.8. The van der Waals surface area contributed by atoms with Gasteiger partial charge in [0.25, 0.3) is 0 Å². The average molecular weight is 827 g/mol. The highest BCUT2D eigenvalue weighted by molar-refractivity contribution is 7.91. The van der Waals surface area contributed by atoms with E-state index in [0.29, 0.717) is 72.9 Å². The fraction of sp³-hybridized carbons (Fsp3) is 0.735. The molecule has 1 aliphatic heterocycles. The smallest absolute Gasteiger partial charge is 0.310 e. The van der Waals surface area contributed by atoms with Crippen molar-refractivity contribution < 1.29 is 23.1 Å². The van der Waals surface area contributed by atoms with Gasteiger partial charge in [-0.1, -0.05) is 52.0 Å². The lowest BCUT2D eigenvalue weighted by atomic mass is 9.37. The van der Waals surface area contributed by atoms with E-state index in [1.807, 2.05) is 0 Å². The highest BCUT2D eigenvalue weighted by atomic mass is 32.2. The number of allylic oxidation sites excluding steroid dienone is 5. The molecule has 4 saturated carbocycles. The van der Waals surface area contributed by atoms with E-state index < -0.39 is 21.2 Å². The van der Waals surface area contributed by atoms with Crippen LogP contribution in [-0.4, -0.2) is 79.2 Å². The van der Waals surface area contributed by atoms with E-state index >= 15 is 0 Å². The van der Waals surface area contributed by atoms with Crippen LogP contribution in [-0.2, 0) is 14.6 Å². The zero-order valence-corrected chi connectivity index (χ0v) is 37.3. The standard InChI is InChI=1S/C49H70N4O5S/c1-33(2)36-15-20-49(52-25-26-53-27-30-59(56,57)31-28-53)22-21-46(5)38-11-12-41-45(3,4)37(16-17-47(41,6)39(38)9-10-40(46)42(36)49)34-13-18-48(19-14-34,44(54)55)23-29-58-43-35(32-50)8-7-24-51-43/h7-8,13,16,24,36,38-42,52H,1,9-12,14-15,17-23,25-31H2,2-6H3,(H,54,55)/t36-,38?,39-,40+,41-,42+,46-,47+,48?,49-/m0/s1. The lowest BCUT2D eigenvalue weighted by molar-refractivity contribution is -0.170. The van der Waals surface area contributed by atoms with Crippen molar-refractivity contribution in [2.24, 2.45) is 57.2 Å². The van der Waals surface area contributed by atoms with Crippen LogP contribution in [0.25, 0.3) is 0 Å². The minimum Gasteiger partial charge on any atom is -0.481 e. The molecule has 1 saturated heterocycles. The summed E-state index contributed by atoms with van der Waals surface area (Å²) in [6, 6.07) is 5.48. The molecular formula is C49H70N4O5S. The Bertz CT molecular complexity index is 2020. The number of carbonyl (C=O) groups is 1. The van der Waals surface area contributed by atoms with Crippen molar-refractivity contribution >= 4 is 15.8 Å². The van der Waals surface area contributed by atoms with Crippen LogP contribution in [0.2, 0.25) is 0 Å². The number of nitrogens with zero attached hydrogens (tertiary/aromatic N) is 3. The number of carboxylic acid groups (broad SMARTS) is 1. The van der Waals surface area contributed by atoms with Gasteiger partial charge in [0.1, 0.15) is 11.6 Å². The Labute approximate surface area is 354 Å². The molecule has 59 heavy (non-hydrogen) atoms. The number of hydrogen-bond acceptors (Lipinski definition) is 8. The maximum atomic E-state index is 12.8. The molecule has 0 amide bonds. The van der Waals surface area contributed by atoms with E-state index in [9.17, 15) is 23.6 Å². The largest absolute Gasteiger partial charge is 0.481 e. The molecule has 1 aromatic rings. The third kappa shape index (κ3) is 7.35. The first kappa shape index (κ1) is 42.7. The van der Waals surface area contributed by atoms with Crippen molar-refractivity contribution in [2.75, 3.05) is 44.3 Å². The molecule has 322 valence electrons. The molecule has 0 spiro atoms. The average Bonchev–Trinajstić information content (AvgIpc) is 3.59. The van der Waals surface area contributed by atoms with E-state index in [0.717, 1.165) is 31.8 Å². The molecule has 2 unspecified atom stereocenters. The Balaban J connectivity index is 0.970. The Kier molecular flexibility index (Phi) is 11.4. The van der Waals surface area contributed by atoms with E-state index in [2.05, 4.69) is 74.6 Å². The molecule has 6 aliphatic carbocycles. The van der Waals surface area contributed by atoms with Gasteiger partial charge in [-0.15, -0.1) is 0 Å². The van der Waals surface area contributed by atoms with Crippen LogP contribution in [0.15, 0.2) is 53.8 Å². The van der Waals surface area contributed by atoms with Crippen LogP contribution < -0.4 is 10.1 Å². The summed E-state index contributed by atoms with van der Waals surface area (Å²) in [4.78, 5) is 19.3. The minimum atomic E-state index is -2.87. The summed E-state index contributed by atoms with van der Waals surface area (Å²) in [5.74, 6) is 3.91. The molecule has 0 bridgehead atoms. The Morgan fingerprint density at radius 1 is 1.00 bits per heavy atom. The predicted molar refractivity (Wildman–Crippen MR) is 232 cm³/mol. The van der Waals surface area contributed by atoms with Crippen LogP contribution in [0.3, 0.4) is 0 Å². The second-order valence-electron chi connectivity index (χ2n) is 21.3. The van der Waals surface area contributed by atoms with E-state index in [-0.39, 0.29) is 40.4 Å². The lowest BCUT2D eigenvalue weighted by Gasteiger charge is -2.68. The van der Waals surface area contributed by atoms with Gasteiger partial charge < -0.3 is 20.1 Å². The number of aliphatic carboxylic acids is 1. The second-order valence-corrected chi connectivity index (χ2v) is 23.6. The predicted octanol–water partition coefficient (Wildman–Crippen LogP) is 8.78. The molecular weight excluding hydrogens is 757 g/mol. The lowest BCUT2D eigenvalue weighted by Crippen LogP contribution is -2.65. The van der Waals surface area contributed by atoms with Crippen molar-refractivity contribution in [3.8, 4) is 11.9 Å². The molecule has 0 radical (unpaired) electrons. The highest BCUT2D eigenvalue weighted by Gasteiger charge is 2.66. The molecule has 2 N–H and O–H groups in total. The number of aromatic nitrogens is 1. The third-order valence-electron chi connectivity index (χ3n) is 18.3. The monoisotopic (exact) mass is 827 g/mol. The Morgan fingerprint density at radius 2 is 1.73 bits per heavy atom. The van der Waals surface area contributed by atoms with Gasteiger partial charge in [0.2, 0.25) is 5.88 Å². The summed E-state index contributed by atoms with van der Waals surface area (Å²) in [5.41, 5.74) is 4.31. The first-order valence-corrected chi connectivity index (χ1v) is 24.8. The highest BCUT2D eigenvalue weighted by Crippen LogP contribution is 2.72. The number of pyridine rings is 1. The number of fused-ring (bicyclic) bond motifs is 7. The van der Waals surface area contributed by atoms with Crippen LogP contribution in [0.5, 0.6) is 5.88 Å². The van der Waals surface area contributed by atoms with Crippen LogP contribution >= 0.6 is 0 Å². The quantitative estimate of drug-likeness (QED) is 0.210. The fourth-order valence-electron chi connectivity index (χ4n) is 15.1. The van der Waals surface area contributed by atoms with Crippen LogP contribution in [0.1, 0.15) is 124 Å². The van der Waals surface area contributed by atoms with Crippen molar-refractivity contribution in [1.29, 1.82) is 5.26 Å². The molecule has 0 aromatic carbocycles. The number of hydrogen-bond donors (Lipinski definition) is 2. The summed E-state index contributed by atoms with van der Waals surface area (Å²) in [7, 11) is -2.87. The second kappa shape index (κ2) is 15.7. The molecule has 1 aromatic heterocycles.